The van der Waals surface area contributed by atoms with Crippen LogP contribution >= 0.6 is 0 Å². The molecule has 1 aliphatic heterocycles. The highest BCUT2D eigenvalue weighted by molar-refractivity contribution is 5.60. The maximum Gasteiger partial charge on any atom is 0.120 e. The van der Waals surface area contributed by atoms with E-state index in [1.807, 2.05) is 36.5 Å². The third-order valence-corrected chi connectivity index (χ3v) is 4.44. The lowest BCUT2D eigenvalue weighted by Gasteiger charge is -2.23. The van der Waals surface area contributed by atoms with Gasteiger partial charge >= 0.3 is 0 Å². The number of nitrogens with zero attached hydrogens (tertiary/aromatic N) is 5. The normalized spacial score (nSPS) is 18.6. The Hall–Kier alpha value is -2.47. The third kappa shape index (κ3) is 2.90. The van der Waals surface area contributed by atoms with Crippen LogP contribution < -0.4 is 0 Å². The molecule has 0 spiro atoms. The SMILES string of the molecule is Cn1cc(-c2ccc([C@@H]3CCCN3Cc3ncc[nH]3)nc2)cn1. The van der Waals surface area contributed by atoms with Crippen LogP contribution in [0.3, 0.4) is 0 Å². The summed E-state index contributed by atoms with van der Waals surface area (Å²) in [4.78, 5) is 14.7. The molecule has 0 saturated carbocycles. The molecule has 4 rings (SSSR count). The van der Waals surface area contributed by atoms with Crippen molar-refractivity contribution in [1.29, 1.82) is 0 Å². The van der Waals surface area contributed by atoms with E-state index in [-0.39, 0.29) is 0 Å². The van der Waals surface area contributed by atoms with E-state index in [1.165, 1.54) is 6.42 Å². The molecule has 0 radical (unpaired) electrons. The minimum absolute atomic E-state index is 0.378. The number of aryl methyl sites for hydroxylation is 1. The number of hydrogen-bond acceptors (Lipinski definition) is 4. The molecule has 0 aliphatic carbocycles. The van der Waals surface area contributed by atoms with Crippen LogP contribution in [0, 0.1) is 0 Å². The number of likely N-dealkylation sites (tertiary alicyclic amines) is 1. The number of H-pyrrole nitrogens is 1. The van der Waals surface area contributed by atoms with Crippen LogP contribution in [-0.4, -0.2) is 36.2 Å². The largest absolute Gasteiger partial charge is 0.348 e. The number of aromatic amines is 1. The van der Waals surface area contributed by atoms with Gasteiger partial charge in [0, 0.05) is 43.0 Å². The van der Waals surface area contributed by atoms with E-state index >= 15 is 0 Å². The minimum atomic E-state index is 0.378. The zero-order chi connectivity index (χ0) is 15.6. The van der Waals surface area contributed by atoms with E-state index in [0.29, 0.717) is 6.04 Å². The van der Waals surface area contributed by atoms with Crippen LogP contribution in [0.25, 0.3) is 11.1 Å². The van der Waals surface area contributed by atoms with E-state index in [9.17, 15) is 0 Å². The fraction of sp³-hybridized carbons (Fsp3) is 0.353. The Bertz CT molecular complexity index is 759. The number of imidazole rings is 1. The van der Waals surface area contributed by atoms with Gasteiger partial charge in [-0.2, -0.15) is 5.10 Å². The molecule has 6 heteroatoms. The van der Waals surface area contributed by atoms with Crippen molar-refractivity contribution in [3.05, 3.63) is 54.6 Å². The van der Waals surface area contributed by atoms with E-state index in [0.717, 1.165) is 42.2 Å². The van der Waals surface area contributed by atoms with Gasteiger partial charge in [0.1, 0.15) is 5.82 Å². The predicted octanol–water partition coefficient (Wildman–Crippen LogP) is 2.54. The Morgan fingerprint density at radius 1 is 1.22 bits per heavy atom. The van der Waals surface area contributed by atoms with Crippen LogP contribution in [0.15, 0.2) is 43.1 Å². The van der Waals surface area contributed by atoms with Gasteiger partial charge in [0.05, 0.1) is 24.5 Å². The first-order valence-corrected chi connectivity index (χ1v) is 7.97. The smallest absolute Gasteiger partial charge is 0.120 e. The second-order valence-corrected chi connectivity index (χ2v) is 6.04. The maximum absolute atomic E-state index is 4.72. The molecule has 1 fully saturated rings. The lowest BCUT2D eigenvalue weighted by molar-refractivity contribution is 0.239. The molecular formula is C17H20N6. The number of pyridine rings is 1. The summed E-state index contributed by atoms with van der Waals surface area (Å²) in [5, 5.41) is 4.22. The van der Waals surface area contributed by atoms with Gasteiger partial charge in [0.2, 0.25) is 0 Å². The molecule has 1 N–H and O–H groups in total. The topological polar surface area (TPSA) is 62.6 Å². The Morgan fingerprint density at radius 2 is 2.17 bits per heavy atom. The van der Waals surface area contributed by atoms with Crippen molar-refractivity contribution in [2.45, 2.75) is 25.4 Å². The molecular weight excluding hydrogens is 288 g/mol. The highest BCUT2D eigenvalue weighted by Crippen LogP contribution is 2.32. The van der Waals surface area contributed by atoms with Crippen molar-refractivity contribution in [3.8, 4) is 11.1 Å². The summed E-state index contributed by atoms with van der Waals surface area (Å²) in [7, 11) is 1.93. The van der Waals surface area contributed by atoms with Crippen LogP contribution in [0.5, 0.6) is 0 Å². The summed E-state index contributed by atoms with van der Waals surface area (Å²) in [5.74, 6) is 1.02. The van der Waals surface area contributed by atoms with Gasteiger partial charge in [0.25, 0.3) is 0 Å². The molecule has 1 saturated heterocycles. The first-order valence-electron chi connectivity index (χ1n) is 7.97. The quantitative estimate of drug-likeness (QED) is 0.804. The van der Waals surface area contributed by atoms with Gasteiger partial charge in [0.15, 0.2) is 0 Å². The summed E-state index contributed by atoms with van der Waals surface area (Å²) in [6.45, 7) is 1.95. The zero-order valence-corrected chi connectivity index (χ0v) is 13.2. The summed E-state index contributed by atoms with van der Waals surface area (Å²) >= 11 is 0. The molecule has 118 valence electrons. The second kappa shape index (κ2) is 5.96. The van der Waals surface area contributed by atoms with Gasteiger partial charge in [-0.3, -0.25) is 14.6 Å². The number of hydrogen-bond donors (Lipinski definition) is 1. The molecule has 1 atom stereocenters. The van der Waals surface area contributed by atoms with Crippen molar-refractivity contribution >= 4 is 0 Å². The van der Waals surface area contributed by atoms with Gasteiger partial charge in [-0.05, 0) is 25.5 Å². The van der Waals surface area contributed by atoms with E-state index in [2.05, 4.69) is 32.1 Å². The Labute approximate surface area is 135 Å². The zero-order valence-electron chi connectivity index (χ0n) is 13.2. The van der Waals surface area contributed by atoms with Crippen LogP contribution in [0.1, 0.15) is 30.4 Å². The van der Waals surface area contributed by atoms with E-state index in [4.69, 9.17) is 4.98 Å². The van der Waals surface area contributed by atoms with E-state index < -0.39 is 0 Å². The van der Waals surface area contributed by atoms with Crippen LogP contribution in [0.2, 0.25) is 0 Å². The molecule has 4 heterocycles. The summed E-state index contributed by atoms with van der Waals surface area (Å²) < 4.78 is 1.81. The first-order chi connectivity index (χ1) is 11.3. The molecule has 1 aliphatic rings. The Kier molecular flexibility index (Phi) is 3.67. The van der Waals surface area contributed by atoms with Gasteiger partial charge in [-0.25, -0.2) is 4.98 Å². The average molecular weight is 308 g/mol. The summed E-state index contributed by atoms with van der Waals surface area (Å²) in [6, 6.07) is 4.67. The Morgan fingerprint density at radius 3 is 2.87 bits per heavy atom. The van der Waals surface area contributed by atoms with E-state index in [1.54, 1.807) is 6.20 Å². The van der Waals surface area contributed by atoms with Crippen molar-refractivity contribution < 1.29 is 0 Å². The highest BCUT2D eigenvalue weighted by atomic mass is 15.2. The van der Waals surface area contributed by atoms with Gasteiger partial charge in [-0.1, -0.05) is 6.07 Å². The minimum Gasteiger partial charge on any atom is -0.348 e. The summed E-state index contributed by atoms with van der Waals surface area (Å²) in [5.41, 5.74) is 3.35. The molecule has 6 nitrogen and oxygen atoms in total. The number of rotatable bonds is 4. The average Bonchev–Trinajstić information content (AvgIpc) is 3.30. The lowest BCUT2D eigenvalue weighted by Crippen LogP contribution is -2.24. The van der Waals surface area contributed by atoms with Gasteiger partial charge in [-0.15, -0.1) is 0 Å². The highest BCUT2D eigenvalue weighted by Gasteiger charge is 2.27. The monoisotopic (exact) mass is 308 g/mol. The van der Waals surface area contributed by atoms with Crippen molar-refractivity contribution in [3.63, 3.8) is 0 Å². The van der Waals surface area contributed by atoms with Crippen LogP contribution in [0.4, 0.5) is 0 Å². The molecule has 0 bridgehead atoms. The molecule has 0 unspecified atom stereocenters. The van der Waals surface area contributed by atoms with Crippen LogP contribution in [-0.2, 0) is 13.6 Å². The molecule has 23 heavy (non-hydrogen) atoms. The van der Waals surface area contributed by atoms with Crippen molar-refractivity contribution in [1.82, 2.24) is 29.6 Å². The standard InChI is InChI=1S/C17H20N6/c1-22-11-14(10-21-22)13-4-5-15(20-9-13)16-3-2-8-23(16)12-17-18-6-7-19-17/h4-7,9-11,16H,2-3,8,12H2,1H3,(H,18,19)/t16-/m0/s1. The maximum atomic E-state index is 4.72. The predicted molar refractivity (Wildman–Crippen MR) is 87.4 cm³/mol. The fourth-order valence-electron chi connectivity index (χ4n) is 3.27. The molecule has 3 aromatic rings. The lowest BCUT2D eigenvalue weighted by atomic mass is 10.1. The molecule has 0 aromatic carbocycles. The first kappa shape index (κ1) is 14.1. The molecule has 0 amide bonds. The van der Waals surface area contributed by atoms with Crippen molar-refractivity contribution in [2.24, 2.45) is 7.05 Å². The third-order valence-electron chi connectivity index (χ3n) is 4.44. The summed E-state index contributed by atoms with van der Waals surface area (Å²) in [6.07, 6.45) is 11.9. The number of nitrogens with one attached hydrogen (secondary N) is 1. The number of aromatic nitrogens is 5. The second-order valence-electron chi connectivity index (χ2n) is 6.04. The van der Waals surface area contributed by atoms with Gasteiger partial charge < -0.3 is 4.98 Å². The fourth-order valence-corrected chi connectivity index (χ4v) is 3.27. The Balaban J connectivity index is 1.52. The van der Waals surface area contributed by atoms with Crippen molar-refractivity contribution in [2.75, 3.05) is 6.54 Å². The molecule has 3 aromatic heterocycles.